The lowest BCUT2D eigenvalue weighted by Gasteiger charge is -2.36. The van der Waals surface area contributed by atoms with Crippen LogP contribution in [0, 0.1) is 5.82 Å². The monoisotopic (exact) mass is 378 g/mol. The largest absolute Gasteiger partial charge is 0.508 e. The number of methoxy groups -OCH3 is 1. The van der Waals surface area contributed by atoms with Crippen molar-refractivity contribution in [2.45, 2.75) is 31.0 Å². The molecule has 27 heavy (non-hydrogen) atoms. The molecule has 2 aliphatic rings. The van der Waals surface area contributed by atoms with Crippen molar-refractivity contribution >= 4 is 5.78 Å². The molecule has 1 aromatic carbocycles. The highest BCUT2D eigenvalue weighted by Crippen LogP contribution is 2.37. The van der Waals surface area contributed by atoms with Gasteiger partial charge in [-0.2, -0.15) is 0 Å². The average Bonchev–Trinajstić information content (AvgIpc) is 2.64. The molecule has 1 aromatic rings. The number of ketones is 1. The molecule has 0 saturated carbocycles. The molecule has 2 N–H and O–H groups in total. The molecule has 146 valence electrons. The van der Waals surface area contributed by atoms with Gasteiger partial charge in [0.05, 0.1) is 5.60 Å². The summed E-state index contributed by atoms with van der Waals surface area (Å²) >= 11 is 0. The standard InChI is InChI=1S/C20H23FO6/c1-19(24)14(8-16(22)11-18(19)23)12-27-17-9-13(7-15(21)10-17)20(25-2)3-5-26-6-4-20/h7-11,22,24H,3-6,12H2,1-2H3. The maximum Gasteiger partial charge on any atom is 0.194 e. The van der Waals surface area contributed by atoms with E-state index in [2.05, 4.69) is 0 Å². The van der Waals surface area contributed by atoms with Crippen LogP contribution in [0.5, 0.6) is 5.75 Å². The third kappa shape index (κ3) is 3.90. The smallest absolute Gasteiger partial charge is 0.194 e. The van der Waals surface area contributed by atoms with Gasteiger partial charge in [0.2, 0.25) is 0 Å². The van der Waals surface area contributed by atoms with Gasteiger partial charge in [-0.25, -0.2) is 4.39 Å². The lowest BCUT2D eigenvalue weighted by Crippen LogP contribution is -2.40. The number of rotatable bonds is 5. The maximum absolute atomic E-state index is 14.2. The van der Waals surface area contributed by atoms with E-state index in [-0.39, 0.29) is 23.7 Å². The minimum Gasteiger partial charge on any atom is -0.508 e. The Hall–Kier alpha value is -2.22. The second kappa shape index (κ2) is 7.42. The molecule has 0 aromatic heterocycles. The zero-order valence-electron chi connectivity index (χ0n) is 15.3. The molecule has 1 fully saturated rings. The summed E-state index contributed by atoms with van der Waals surface area (Å²) in [6, 6.07) is 4.32. The van der Waals surface area contributed by atoms with Crippen molar-refractivity contribution in [3.8, 4) is 5.75 Å². The number of hydrogen-bond acceptors (Lipinski definition) is 6. The van der Waals surface area contributed by atoms with E-state index in [0.29, 0.717) is 31.6 Å². The first-order valence-electron chi connectivity index (χ1n) is 8.72. The van der Waals surface area contributed by atoms with Crippen molar-refractivity contribution in [3.05, 3.63) is 53.1 Å². The van der Waals surface area contributed by atoms with Crippen LogP contribution in [0.4, 0.5) is 4.39 Å². The van der Waals surface area contributed by atoms with Crippen LogP contribution in [0.15, 0.2) is 41.7 Å². The number of benzene rings is 1. The van der Waals surface area contributed by atoms with E-state index in [1.165, 1.54) is 25.1 Å². The Balaban J connectivity index is 1.83. The Morgan fingerprint density at radius 1 is 1.22 bits per heavy atom. The van der Waals surface area contributed by atoms with Crippen molar-refractivity contribution in [1.82, 2.24) is 0 Å². The summed E-state index contributed by atoms with van der Waals surface area (Å²) in [5, 5.41) is 19.9. The second-order valence-electron chi connectivity index (χ2n) is 6.95. The van der Waals surface area contributed by atoms with Gasteiger partial charge in [0, 0.05) is 50.9 Å². The average molecular weight is 378 g/mol. The van der Waals surface area contributed by atoms with Crippen LogP contribution >= 0.6 is 0 Å². The van der Waals surface area contributed by atoms with Gasteiger partial charge >= 0.3 is 0 Å². The molecule has 1 aliphatic carbocycles. The number of ether oxygens (including phenoxy) is 3. The van der Waals surface area contributed by atoms with Gasteiger partial charge in [0.15, 0.2) is 5.78 Å². The minimum absolute atomic E-state index is 0.178. The fourth-order valence-electron chi connectivity index (χ4n) is 3.36. The van der Waals surface area contributed by atoms with Crippen LogP contribution in [0.25, 0.3) is 0 Å². The Kier molecular flexibility index (Phi) is 5.37. The molecule has 6 nitrogen and oxygen atoms in total. The molecule has 0 amide bonds. The zero-order valence-corrected chi connectivity index (χ0v) is 15.3. The fraction of sp³-hybridized carbons (Fsp3) is 0.450. The van der Waals surface area contributed by atoms with E-state index in [4.69, 9.17) is 14.2 Å². The number of aliphatic hydroxyl groups excluding tert-OH is 1. The van der Waals surface area contributed by atoms with E-state index < -0.39 is 22.8 Å². The molecule has 0 spiro atoms. The number of hydrogen-bond donors (Lipinski definition) is 2. The van der Waals surface area contributed by atoms with E-state index in [1.54, 1.807) is 13.2 Å². The Morgan fingerprint density at radius 2 is 1.93 bits per heavy atom. The quantitative estimate of drug-likeness (QED) is 0.819. The van der Waals surface area contributed by atoms with Crippen LogP contribution < -0.4 is 4.74 Å². The number of halogens is 1. The molecular weight excluding hydrogens is 355 g/mol. The Labute approximate surface area is 156 Å². The van der Waals surface area contributed by atoms with Gasteiger partial charge in [0.1, 0.15) is 29.5 Å². The minimum atomic E-state index is -1.78. The Bertz CT molecular complexity index is 790. The van der Waals surface area contributed by atoms with Gasteiger partial charge in [-0.05, 0) is 30.7 Å². The first-order chi connectivity index (χ1) is 12.8. The summed E-state index contributed by atoms with van der Waals surface area (Å²) in [5.41, 5.74) is -1.60. The molecular formula is C20H23FO6. The first kappa shape index (κ1) is 19.5. The van der Waals surface area contributed by atoms with Crippen LogP contribution in [-0.2, 0) is 19.9 Å². The van der Waals surface area contributed by atoms with Crippen molar-refractivity contribution in [3.63, 3.8) is 0 Å². The van der Waals surface area contributed by atoms with Gasteiger partial charge in [0.25, 0.3) is 0 Å². The summed E-state index contributed by atoms with van der Waals surface area (Å²) in [6.45, 7) is 2.18. The maximum atomic E-state index is 14.2. The first-order valence-corrected chi connectivity index (χ1v) is 8.72. The molecule has 0 bridgehead atoms. The van der Waals surface area contributed by atoms with Crippen LogP contribution in [0.1, 0.15) is 25.3 Å². The molecule has 1 saturated heterocycles. The fourth-order valence-corrected chi connectivity index (χ4v) is 3.36. The van der Waals surface area contributed by atoms with E-state index in [0.717, 1.165) is 6.08 Å². The third-order valence-electron chi connectivity index (χ3n) is 5.19. The van der Waals surface area contributed by atoms with Crippen LogP contribution in [0.2, 0.25) is 0 Å². The summed E-state index contributed by atoms with van der Waals surface area (Å²) < 4.78 is 30.9. The normalized spacial score (nSPS) is 25.0. The van der Waals surface area contributed by atoms with Crippen molar-refractivity contribution < 1.29 is 33.6 Å². The van der Waals surface area contributed by atoms with Gasteiger partial charge < -0.3 is 24.4 Å². The van der Waals surface area contributed by atoms with Gasteiger partial charge in [-0.15, -0.1) is 0 Å². The highest BCUT2D eigenvalue weighted by Gasteiger charge is 2.37. The predicted molar refractivity (Wildman–Crippen MR) is 95.1 cm³/mol. The summed E-state index contributed by atoms with van der Waals surface area (Å²) in [5.74, 6) is -1.13. The number of allylic oxidation sites excluding steroid dienone is 1. The topological polar surface area (TPSA) is 85.2 Å². The number of aliphatic hydroxyl groups is 2. The van der Waals surface area contributed by atoms with Gasteiger partial charge in [-0.3, -0.25) is 4.79 Å². The second-order valence-corrected chi connectivity index (χ2v) is 6.95. The summed E-state index contributed by atoms with van der Waals surface area (Å²) in [7, 11) is 1.58. The van der Waals surface area contributed by atoms with Crippen LogP contribution in [-0.4, -0.2) is 48.5 Å². The van der Waals surface area contributed by atoms with Crippen molar-refractivity contribution in [1.29, 1.82) is 0 Å². The summed E-state index contributed by atoms with van der Waals surface area (Å²) in [4.78, 5) is 11.9. The molecule has 7 heteroatoms. The SMILES string of the molecule is COC1(c2cc(F)cc(OCC3=CC(O)=CC(=O)C3(C)O)c2)CCOCC1. The lowest BCUT2D eigenvalue weighted by atomic mass is 9.86. The van der Waals surface area contributed by atoms with E-state index in [9.17, 15) is 19.4 Å². The number of carbonyl (C=O) groups excluding carboxylic acids is 1. The van der Waals surface area contributed by atoms with Crippen molar-refractivity contribution in [2.24, 2.45) is 0 Å². The predicted octanol–water partition coefficient (Wildman–Crippen LogP) is 2.56. The molecule has 1 unspecified atom stereocenters. The summed E-state index contributed by atoms with van der Waals surface area (Å²) in [6.07, 6.45) is 3.42. The zero-order chi connectivity index (χ0) is 19.7. The van der Waals surface area contributed by atoms with Crippen LogP contribution in [0.3, 0.4) is 0 Å². The highest BCUT2D eigenvalue weighted by molar-refractivity contribution is 6.01. The van der Waals surface area contributed by atoms with E-state index >= 15 is 0 Å². The lowest BCUT2D eigenvalue weighted by molar-refractivity contribution is -0.128. The number of carbonyl (C=O) groups is 1. The van der Waals surface area contributed by atoms with E-state index in [1.807, 2.05) is 0 Å². The molecule has 1 atom stereocenters. The third-order valence-corrected chi connectivity index (χ3v) is 5.19. The molecule has 1 heterocycles. The highest BCUT2D eigenvalue weighted by atomic mass is 19.1. The molecule has 3 rings (SSSR count). The van der Waals surface area contributed by atoms with Crippen molar-refractivity contribution in [2.75, 3.05) is 26.9 Å². The molecule has 0 radical (unpaired) electrons. The Morgan fingerprint density at radius 3 is 2.59 bits per heavy atom. The molecule has 1 aliphatic heterocycles. The van der Waals surface area contributed by atoms with Gasteiger partial charge in [-0.1, -0.05) is 0 Å².